The lowest BCUT2D eigenvalue weighted by Crippen LogP contribution is -2.40. The van der Waals surface area contributed by atoms with Gasteiger partial charge in [-0.2, -0.15) is 5.26 Å². The maximum atomic E-state index is 12.9. The Hall–Kier alpha value is -2.46. The molecular formula is C19H21BrN4O2. The molecule has 1 aromatic carbocycles. The van der Waals surface area contributed by atoms with E-state index in [2.05, 4.69) is 26.6 Å². The highest BCUT2D eigenvalue weighted by Crippen LogP contribution is 2.33. The zero-order valence-electron chi connectivity index (χ0n) is 14.5. The number of benzene rings is 1. The average molecular weight is 417 g/mol. The van der Waals surface area contributed by atoms with E-state index in [0.29, 0.717) is 18.4 Å². The summed E-state index contributed by atoms with van der Waals surface area (Å²) in [5, 5.41) is 21.8. The molecule has 6 nitrogen and oxygen atoms in total. The second-order valence-electron chi connectivity index (χ2n) is 6.15. The first kappa shape index (κ1) is 19.9. The van der Waals surface area contributed by atoms with E-state index in [1.54, 1.807) is 19.2 Å². The van der Waals surface area contributed by atoms with Crippen LogP contribution in [0.15, 0.2) is 40.1 Å². The summed E-state index contributed by atoms with van der Waals surface area (Å²) < 4.78 is 0.892. The topological polar surface area (TPSA) is 106 Å². The van der Waals surface area contributed by atoms with E-state index in [0.717, 1.165) is 23.5 Å². The van der Waals surface area contributed by atoms with Gasteiger partial charge >= 0.3 is 0 Å². The first-order valence-electron chi connectivity index (χ1n) is 8.45. The fourth-order valence-electron chi connectivity index (χ4n) is 3.23. The van der Waals surface area contributed by atoms with Crippen molar-refractivity contribution < 1.29 is 9.59 Å². The molecule has 2 atom stereocenters. The van der Waals surface area contributed by atoms with Gasteiger partial charge in [0.25, 0.3) is 0 Å². The Morgan fingerprint density at radius 2 is 1.85 bits per heavy atom. The Bertz CT molecular complexity index is 765. The van der Waals surface area contributed by atoms with Crippen molar-refractivity contribution in [2.45, 2.75) is 25.7 Å². The van der Waals surface area contributed by atoms with Crippen molar-refractivity contribution in [1.29, 1.82) is 10.7 Å². The molecule has 0 spiro atoms. The van der Waals surface area contributed by atoms with Crippen LogP contribution in [0.1, 0.15) is 36.0 Å². The zero-order chi connectivity index (χ0) is 19.1. The van der Waals surface area contributed by atoms with Crippen LogP contribution < -0.4 is 10.6 Å². The van der Waals surface area contributed by atoms with E-state index in [4.69, 9.17) is 10.7 Å². The highest BCUT2D eigenvalue weighted by atomic mass is 79.9. The fourth-order valence-corrected chi connectivity index (χ4v) is 3.50. The molecule has 0 aromatic heterocycles. The average Bonchev–Trinajstić information content (AvgIpc) is 2.68. The number of ketones is 1. The van der Waals surface area contributed by atoms with Crippen LogP contribution in [0.5, 0.6) is 0 Å². The highest BCUT2D eigenvalue weighted by molar-refractivity contribution is 9.10. The van der Waals surface area contributed by atoms with Crippen molar-refractivity contribution in [2.75, 3.05) is 7.05 Å². The monoisotopic (exact) mass is 416 g/mol. The summed E-state index contributed by atoms with van der Waals surface area (Å²) in [6, 6.07) is 9.05. The minimum absolute atomic E-state index is 0.0353. The van der Waals surface area contributed by atoms with E-state index in [-0.39, 0.29) is 23.1 Å². The van der Waals surface area contributed by atoms with Crippen LogP contribution in [0.4, 0.5) is 0 Å². The fraction of sp³-hybridized carbons (Fsp3) is 0.368. The molecule has 0 radical (unpaired) electrons. The third kappa shape index (κ3) is 4.58. The number of Topliss-reactive ketones (excluding diaryl/α,β-unsaturated/α-hetero) is 1. The van der Waals surface area contributed by atoms with E-state index in [1.807, 2.05) is 18.2 Å². The first-order chi connectivity index (χ1) is 12.5. The standard InChI is InChI=1S/C19H21BrN4O2/c1-23-16(10-21)17(11-22)24-19(26)15-5-3-2-4-14(15)18(25)12-6-8-13(20)9-7-12/h6-9,11,14-15,22-23H,2-5H2,1H3,(H,24,26)/b17-16+,22-11?. The molecule has 2 rings (SSSR count). The number of hydrogen-bond donors (Lipinski definition) is 3. The summed E-state index contributed by atoms with van der Waals surface area (Å²) in [5.41, 5.74) is 0.814. The first-order valence-corrected chi connectivity index (χ1v) is 9.24. The van der Waals surface area contributed by atoms with Crippen LogP contribution in [0.25, 0.3) is 0 Å². The predicted octanol–water partition coefficient (Wildman–Crippen LogP) is 3.16. The van der Waals surface area contributed by atoms with E-state index in [9.17, 15) is 9.59 Å². The van der Waals surface area contributed by atoms with Gasteiger partial charge in [0.1, 0.15) is 11.8 Å². The largest absolute Gasteiger partial charge is 0.378 e. The number of amides is 1. The number of carbonyl (C=O) groups excluding carboxylic acids is 2. The van der Waals surface area contributed by atoms with Crippen molar-refractivity contribution in [1.82, 2.24) is 10.6 Å². The maximum absolute atomic E-state index is 12.9. The van der Waals surface area contributed by atoms with Gasteiger partial charge in [-0.15, -0.1) is 0 Å². The van der Waals surface area contributed by atoms with E-state index in [1.165, 1.54) is 0 Å². The van der Waals surface area contributed by atoms with Crippen molar-refractivity contribution in [3.05, 3.63) is 45.7 Å². The molecule has 1 aliphatic carbocycles. The normalized spacial score (nSPS) is 20.3. The molecule has 26 heavy (non-hydrogen) atoms. The highest BCUT2D eigenvalue weighted by Gasteiger charge is 2.36. The van der Waals surface area contributed by atoms with Gasteiger partial charge in [0, 0.05) is 35.1 Å². The number of hydrogen-bond acceptors (Lipinski definition) is 5. The molecule has 1 amide bonds. The lowest BCUT2D eigenvalue weighted by molar-refractivity contribution is -0.126. The molecule has 136 valence electrons. The quantitative estimate of drug-likeness (QED) is 0.376. The Kier molecular flexibility index (Phi) is 7.10. The van der Waals surface area contributed by atoms with Crippen LogP contribution >= 0.6 is 15.9 Å². The SMILES string of the molecule is CN/C(C#N)=C(\C=N)NC(=O)C1CCCCC1C(=O)c1ccc(Br)cc1. The number of carbonyl (C=O) groups is 2. The van der Waals surface area contributed by atoms with Crippen LogP contribution in [0.3, 0.4) is 0 Å². The van der Waals surface area contributed by atoms with E-state index < -0.39 is 11.8 Å². The number of rotatable bonds is 6. The summed E-state index contributed by atoms with van der Waals surface area (Å²) in [6.07, 6.45) is 3.99. The Morgan fingerprint density at radius 3 is 2.38 bits per heavy atom. The third-order valence-corrected chi connectivity index (χ3v) is 5.13. The Morgan fingerprint density at radius 1 is 1.23 bits per heavy atom. The van der Waals surface area contributed by atoms with Crippen LogP contribution in [-0.4, -0.2) is 25.0 Å². The molecule has 1 aliphatic rings. The Balaban J connectivity index is 2.22. The van der Waals surface area contributed by atoms with Gasteiger partial charge in [-0.05, 0) is 25.0 Å². The molecule has 0 bridgehead atoms. The minimum Gasteiger partial charge on any atom is -0.378 e. The lowest BCUT2D eigenvalue weighted by atomic mass is 9.75. The van der Waals surface area contributed by atoms with Gasteiger partial charge in [-0.3, -0.25) is 9.59 Å². The zero-order valence-corrected chi connectivity index (χ0v) is 16.1. The maximum Gasteiger partial charge on any atom is 0.228 e. The molecular weight excluding hydrogens is 396 g/mol. The summed E-state index contributed by atoms with van der Waals surface area (Å²) >= 11 is 3.35. The van der Waals surface area contributed by atoms with Gasteiger partial charge in [0.05, 0.1) is 5.70 Å². The number of halogens is 1. The molecule has 3 N–H and O–H groups in total. The van der Waals surface area contributed by atoms with Crippen molar-refractivity contribution in [2.24, 2.45) is 11.8 Å². The van der Waals surface area contributed by atoms with Gasteiger partial charge in [0.15, 0.2) is 5.78 Å². The van der Waals surface area contributed by atoms with Gasteiger partial charge in [-0.1, -0.05) is 40.9 Å². The number of nitrogens with one attached hydrogen (secondary N) is 3. The minimum atomic E-state index is -0.466. The molecule has 2 unspecified atom stereocenters. The number of allylic oxidation sites excluding steroid dienone is 2. The van der Waals surface area contributed by atoms with Gasteiger partial charge in [-0.25, -0.2) is 0 Å². The molecule has 0 saturated heterocycles. The molecule has 1 saturated carbocycles. The summed E-state index contributed by atoms with van der Waals surface area (Å²) in [5.74, 6) is -1.21. The predicted molar refractivity (Wildman–Crippen MR) is 103 cm³/mol. The summed E-state index contributed by atoms with van der Waals surface area (Å²) in [6.45, 7) is 0. The summed E-state index contributed by atoms with van der Waals surface area (Å²) in [4.78, 5) is 25.7. The number of nitrogens with zero attached hydrogens (tertiary/aromatic N) is 1. The van der Waals surface area contributed by atoms with Gasteiger partial charge < -0.3 is 16.0 Å². The van der Waals surface area contributed by atoms with Crippen molar-refractivity contribution >= 4 is 33.8 Å². The molecule has 7 heteroatoms. The second-order valence-corrected chi connectivity index (χ2v) is 7.07. The van der Waals surface area contributed by atoms with Crippen molar-refractivity contribution in [3.63, 3.8) is 0 Å². The van der Waals surface area contributed by atoms with Crippen LogP contribution in [-0.2, 0) is 4.79 Å². The third-order valence-electron chi connectivity index (χ3n) is 4.60. The molecule has 0 heterocycles. The molecule has 0 aliphatic heterocycles. The van der Waals surface area contributed by atoms with Crippen LogP contribution in [0.2, 0.25) is 0 Å². The molecule has 1 fully saturated rings. The van der Waals surface area contributed by atoms with Crippen molar-refractivity contribution in [3.8, 4) is 6.07 Å². The van der Waals surface area contributed by atoms with Crippen LogP contribution in [0, 0.1) is 28.6 Å². The lowest BCUT2D eigenvalue weighted by Gasteiger charge is -2.29. The Labute approximate surface area is 161 Å². The summed E-state index contributed by atoms with van der Waals surface area (Å²) in [7, 11) is 1.55. The second kappa shape index (κ2) is 9.30. The molecule has 1 aromatic rings. The van der Waals surface area contributed by atoms with E-state index >= 15 is 0 Å². The number of nitriles is 1. The van der Waals surface area contributed by atoms with Gasteiger partial charge in [0.2, 0.25) is 5.91 Å². The smallest absolute Gasteiger partial charge is 0.228 e.